The fraction of sp³-hybridized carbons (Fsp3) is 0.733. The number of aromatic nitrogens is 2. The average Bonchev–Trinajstić information content (AvgIpc) is 2.69. The summed E-state index contributed by atoms with van der Waals surface area (Å²) in [6, 6.07) is -0.0126. The number of nitrogens with one attached hydrogen (secondary N) is 1. The lowest BCUT2D eigenvalue weighted by Gasteiger charge is -2.20. The molecule has 1 amide bonds. The molecule has 1 aromatic rings. The molecule has 1 atom stereocenters. The van der Waals surface area contributed by atoms with Gasteiger partial charge in [-0.1, -0.05) is 13.8 Å². The van der Waals surface area contributed by atoms with Crippen molar-refractivity contribution in [3.63, 3.8) is 0 Å². The van der Waals surface area contributed by atoms with Crippen molar-refractivity contribution in [3.8, 4) is 0 Å². The largest absolute Gasteiger partial charge is 0.368 e. The van der Waals surface area contributed by atoms with Crippen molar-refractivity contribution in [2.45, 2.75) is 71.5 Å². The molecule has 1 aliphatic rings. The van der Waals surface area contributed by atoms with E-state index in [1.807, 2.05) is 20.8 Å². The molecule has 3 N–H and O–H groups in total. The minimum atomic E-state index is -0.273. The van der Waals surface area contributed by atoms with E-state index in [2.05, 4.69) is 14.9 Å². The van der Waals surface area contributed by atoms with E-state index in [0.717, 1.165) is 31.6 Å². The van der Waals surface area contributed by atoms with Crippen molar-refractivity contribution in [2.24, 2.45) is 5.73 Å². The summed E-state index contributed by atoms with van der Waals surface area (Å²) in [5.41, 5.74) is 8.09. The van der Waals surface area contributed by atoms with Crippen molar-refractivity contribution >= 4 is 5.91 Å². The number of carbonyl (C=O) groups is 1. The molecule has 1 aromatic heterocycles. The summed E-state index contributed by atoms with van der Waals surface area (Å²) >= 11 is 0. The topological polar surface area (TPSA) is 72.9 Å². The van der Waals surface area contributed by atoms with E-state index in [-0.39, 0.29) is 18.0 Å². The highest BCUT2D eigenvalue weighted by Gasteiger charge is 2.20. The molecule has 0 radical (unpaired) electrons. The Morgan fingerprint density at radius 3 is 2.75 bits per heavy atom. The van der Waals surface area contributed by atoms with Crippen LogP contribution in [0.25, 0.3) is 0 Å². The molecule has 0 saturated heterocycles. The molecule has 112 valence electrons. The summed E-state index contributed by atoms with van der Waals surface area (Å²) in [4.78, 5) is 16.2. The van der Waals surface area contributed by atoms with Crippen LogP contribution >= 0.6 is 0 Å². The number of carbonyl (C=O) groups excluding carboxylic acids is 1. The molecule has 2 rings (SSSR count). The van der Waals surface area contributed by atoms with Gasteiger partial charge in [-0.15, -0.1) is 0 Å². The third-order valence-corrected chi connectivity index (χ3v) is 3.94. The fourth-order valence-electron chi connectivity index (χ4n) is 3.00. The Bertz CT molecular complexity index is 478. The van der Waals surface area contributed by atoms with Crippen LogP contribution in [-0.4, -0.2) is 27.5 Å². The van der Waals surface area contributed by atoms with Crippen LogP contribution in [0.2, 0.25) is 0 Å². The summed E-state index contributed by atoms with van der Waals surface area (Å²) < 4.78 is 2.27. The van der Waals surface area contributed by atoms with Gasteiger partial charge in [0.15, 0.2) is 0 Å². The van der Waals surface area contributed by atoms with E-state index in [1.54, 1.807) is 0 Å². The Hall–Kier alpha value is -1.36. The minimum absolute atomic E-state index is 0.255. The van der Waals surface area contributed by atoms with Crippen LogP contribution in [0.1, 0.15) is 50.3 Å². The summed E-state index contributed by atoms with van der Waals surface area (Å²) in [6.07, 6.45) is 5.39. The molecular weight excluding hydrogens is 252 g/mol. The lowest BCUT2D eigenvalue weighted by atomic mass is 10.0. The van der Waals surface area contributed by atoms with Crippen molar-refractivity contribution < 1.29 is 4.79 Å². The van der Waals surface area contributed by atoms with Gasteiger partial charge >= 0.3 is 0 Å². The van der Waals surface area contributed by atoms with E-state index in [4.69, 9.17) is 5.73 Å². The summed E-state index contributed by atoms with van der Waals surface area (Å²) in [5, 5.41) is 3.23. The smallest absolute Gasteiger partial charge is 0.234 e. The Balaban J connectivity index is 2.06. The molecule has 0 saturated carbocycles. The van der Waals surface area contributed by atoms with Crippen LogP contribution in [0.15, 0.2) is 0 Å². The Morgan fingerprint density at radius 2 is 2.10 bits per heavy atom. The Kier molecular flexibility index (Phi) is 4.81. The standard InChI is InChI=1S/C15H26N4O/c1-10(2)17-13(15(16)20)8-9-19-11(3)18-12-6-4-5-7-14(12)19/h10,13,17H,4-9H2,1-3H3,(H2,16,20). The van der Waals surface area contributed by atoms with Gasteiger partial charge in [0.2, 0.25) is 5.91 Å². The van der Waals surface area contributed by atoms with Crippen LogP contribution in [0, 0.1) is 6.92 Å². The van der Waals surface area contributed by atoms with E-state index in [0.29, 0.717) is 0 Å². The molecule has 1 unspecified atom stereocenters. The third-order valence-electron chi connectivity index (χ3n) is 3.94. The number of hydrogen-bond donors (Lipinski definition) is 2. The van der Waals surface area contributed by atoms with Crippen LogP contribution in [0.4, 0.5) is 0 Å². The first-order valence-corrected chi connectivity index (χ1v) is 7.59. The molecule has 0 fully saturated rings. The van der Waals surface area contributed by atoms with Crippen LogP contribution in [0.5, 0.6) is 0 Å². The summed E-state index contributed by atoms with van der Waals surface area (Å²) in [7, 11) is 0. The number of imidazole rings is 1. The zero-order chi connectivity index (χ0) is 14.7. The second kappa shape index (κ2) is 6.39. The van der Waals surface area contributed by atoms with Gasteiger partial charge in [0, 0.05) is 18.3 Å². The van der Waals surface area contributed by atoms with E-state index in [1.165, 1.54) is 24.2 Å². The second-order valence-corrected chi connectivity index (χ2v) is 5.98. The number of rotatable bonds is 6. The second-order valence-electron chi connectivity index (χ2n) is 5.98. The highest BCUT2D eigenvalue weighted by molar-refractivity contribution is 5.79. The van der Waals surface area contributed by atoms with Gasteiger partial charge in [0.25, 0.3) is 0 Å². The quantitative estimate of drug-likeness (QED) is 0.824. The lowest BCUT2D eigenvalue weighted by molar-refractivity contribution is -0.120. The third kappa shape index (κ3) is 3.39. The zero-order valence-corrected chi connectivity index (χ0v) is 12.8. The van der Waals surface area contributed by atoms with Gasteiger partial charge in [-0.05, 0) is 39.0 Å². The first-order valence-electron chi connectivity index (χ1n) is 7.59. The maximum atomic E-state index is 11.5. The van der Waals surface area contributed by atoms with Gasteiger partial charge in [-0.3, -0.25) is 4.79 Å². The summed E-state index contributed by atoms with van der Waals surface area (Å²) in [6.45, 7) is 6.91. The lowest BCUT2D eigenvalue weighted by Crippen LogP contribution is -2.45. The SMILES string of the molecule is Cc1nc2c(n1CCC(NC(C)C)C(N)=O)CCCC2. The normalized spacial score (nSPS) is 16.2. The van der Waals surface area contributed by atoms with Crippen LogP contribution < -0.4 is 11.1 Å². The van der Waals surface area contributed by atoms with Crippen molar-refractivity contribution in [3.05, 3.63) is 17.2 Å². The molecule has 0 aromatic carbocycles. The van der Waals surface area contributed by atoms with Crippen LogP contribution in [0.3, 0.4) is 0 Å². The highest BCUT2D eigenvalue weighted by atomic mass is 16.1. The van der Waals surface area contributed by atoms with Gasteiger partial charge in [0.05, 0.1) is 11.7 Å². The maximum absolute atomic E-state index is 11.5. The number of aryl methyl sites for hydroxylation is 2. The van der Waals surface area contributed by atoms with Gasteiger partial charge in [-0.2, -0.15) is 0 Å². The Labute approximate surface area is 120 Å². The molecule has 5 heteroatoms. The first-order chi connectivity index (χ1) is 9.49. The number of amides is 1. The maximum Gasteiger partial charge on any atom is 0.234 e. The van der Waals surface area contributed by atoms with Crippen molar-refractivity contribution in [1.29, 1.82) is 0 Å². The van der Waals surface area contributed by atoms with Crippen LogP contribution in [-0.2, 0) is 24.2 Å². The first kappa shape index (κ1) is 15.0. The average molecular weight is 278 g/mol. The Morgan fingerprint density at radius 1 is 1.40 bits per heavy atom. The number of nitrogens with zero attached hydrogens (tertiary/aromatic N) is 2. The molecule has 5 nitrogen and oxygen atoms in total. The number of fused-ring (bicyclic) bond motifs is 1. The predicted molar refractivity (Wildman–Crippen MR) is 79.5 cm³/mol. The van der Waals surface area contributed by atoms with E-state index < -0.39 is 0 Å². The van der Waals surface area contributed by atoms with Gasteiger partial charge < -0.3 is 15.6 Å². The summed E-state index contributed by atoms with van der Waals surface area (Å²) in [5.74, 6) is 0.787. The zero-order valence-electron chi connectivity index (χ0n) is 12.8. The molecular formula is C15H26N4O. The van der Waals surface area contributed by atoms with E-state index in [9.17, 15) is 4.79 Å². The van der Waals surface area contributed by atoms with Crippen molar-refractivity contribution in [2.75, 3.05) is 0 Å². The predicted octanol–water partition coefficient (Wildman–Crippen LogP) is 1.31. The minimum Gasteiger partial charge on any atom is -0.368 e. The number of primary amides is 1. The molecule has 1 aliphatic carbocycles. The van der Waals surface area contributed by atoms with E-state index >= 15 is 0 Å². The molecule has 20 heavy (non-hydrogen) atoms. The molecule has 0 aliphatic heterocycles. The molecule has 0 spiro atoms. The molecule has 0 bridgehead atoms. The monoisotopic (exact) mass is 278 g/mol. The van der Waals surface area contributed by atoms with Gasteiger partial charge in [0.1, 0.15) is 5.82 Å². The van der Waals surface area contributed by atoms with Gasteiger partial charge in [-0.25, -0.2) is 4.98 Å². The highest BCUT2D eigenvalue weighted by Crippen LogP contribution is 2.22. The van der Waals surface area contributed by atoms with Crippen molar-refractivity contribution in [1.82, 2.24) is 14.9 Å². The number of nitrogens with two attached hydrogens (primary N) is 1. The fourth-order valence-corrected chi connectivity index (χ4v) is 3.00. The molecule has 1 heterocycles. The number of hydrogen-bond acceptors (Lipinski definition) is 3.